The number of halogens is 5. The Kier molecular flexibility index (Phi) is 5.05. The first-order valence-corrected chi connectivity index (χ1v) is 8.41. The maximum absolute atomic E-state index is 6.28. The fraction of sp³-hybridized carbons (Fsp3) is 0. The minimum atomic E-state index is 0.500. The van der Waals surface area contributed by atoms with Gasteiger partial charge < -0.3 is 0 Å². The van der Waals surface area contributed by atoms with Gasteiger partial charge in [-0.25, -0.2) is 4.98 Å². The van der Waals surface area contributed by atoms with Crippen molar-refractivity contribution in [3.05, 3.63) is 73.6 Å². The zero-order chi connectivity index (χ0) is 16.6. The van der Waals surface area contributed by atoms with E-state index in [4.69, 9.17) is 58.0 Å². The maximum atomic E-state index is 6.28. The molecular formula is C17H8Cl5N. The first-order chi connectivity index (χ1) is 10.9. The SMILES string of the molecule is Clc1cc(Cl)cc(-c2ccc(Cl)c(-c3cc(Cl)cc(Cl)c3)n2)c1. The van der Waals surface area contributed by atoms with Gasteiger partial charge in [-0.1, -0.05) is 58.0 Å². The van der Waals surface area contributed by atoms with Gasteiger partial charge in [-0.15, -0.1) is 0 Å². The summed E-state index contributed by atoms with van der Waals surface area (Å²) >= 11 is 30.5. The molecule has 116 valence electrons. The van der Waals surface area contributed by atoms with Crippen LogP contribution in [0.2, 0.25) is 25.1 Å². The molecule has 3 aromatic rings. The third-order valence-electron chi connectivity index (χ3n) is 3.14. The van der Waals surface area contributed by atoms with Crippen LogP contribution in [0.25, 0.3) is 22.5 Å². The first kappa shape index (κ1) is 16.9. The second-order valence-corrected chi connectivity index (χ2v) is 7.00. The van der Waals surface area contributed by atoms with Gasteiger partial charge in [0.05, 0.1) is 16.4 Å². The largest absolute Gasteiger partial charge is 0.246 e. The molecule has 0 N–H and O–H groups in total. The molecule has 0 aliphatic heterocycles. The average Bonchev–Trinajstić information content (AvgIpc) is 2.45. The zero-order valence-electron chi connectivity index (χ0n) is 11.5. The van der Waals surface area contributed by atoms with Crippen LogP contribution >= 0.6 is 58.0 Å². The Balaban J connectivity index is 2.16. The molecule has 1 heterocycles. The van der Waals surface area contributed by atoms with Crippen molar-refractivity contribution in [3.63, 3.8) is 0 Å². The molecule has 0 radical (unpaired) electrons. The minimum absolute atomic E-state index is 0.500. The highest BCUT2D eigenvalue weighted by Crippen LogP contribution is 2.34. The highest BCUT2D eigenvalue weighted by atomic mass is 35.5. The lowest BCUT2D eigenvalue weighted by atomic mass is 10.1. The molecule has 3 rings (SSSR count). The van der Waals surface area contributed by atoms with E-state index in [1.54, 1.807) is 48.5 Å². The normalized spacial score (nSPS) is 10.8. The third-order valence-corrected chi connectivity index (χ3v) is 4.32. The molecule has 0 saturated heterocycles. The molecule has 0 spiro atoms. The van der Waals surface area contributed by atoms with Crippen LogP contribution in [0.4, 0.5) is 0 Å². The van der Waals surface area contributed by atoms with E-state index in [0.29, 0.717) is 36.5 Å². The Morgan fingerprint density at radius 2 is 1.04 bits per heavy atom. The van der Waals surface area contributed by atoms with Crippen LogP contribution in [-0.2, 0) is 0 Å². The second-order valence-electron chi connectivity index (χ2n) is 4.84. The highest BCUT2D eigenvalue weighted by molar-refractivity contribution is 6.36. The van der Waals surface area contributed by atoms with E-state index in [2.05, 4.69) is 4.98 Å². The second kappa shape index (κ2) is 6.88. The lowest BCUT2D eigenvalue weighted by molar-refractivity contribution is 1.32. The molecule has 0 amide bonds. The van der Waals surface area contributed by atoms with Crippen LogP contribution in [0.15, 0.2) is 48.5 Å². The molecule has 0 aliphatic rings. The Morgan fingerprint density at radius 1 is 0.565 bits per heavy atom. The van der Waals surface area contributed by atoms with E-state index in [1.165, 1.54) is 0 Å². The number of hydrogen-bond acceptors (Lipinski definition) is 1. The van der Waals surface area contributed by atoms with Crippen molar-refractivity contribution < 1.29 is 0 Å². The van der Waals surface area contributed by atoms with Crippen LogP contribution in [-0.4, -0.2) is 4.98 Å². The summed E-state index contributed by atoms with van der Waals surface area (Å²) in [6.45, 7) is 0. The summed E-state index contributed by atoms with van der Waals surface area (Å²) in [5.41, 5.74) is 2.82. The van der Waals surface area contributed by atoms with Crippen molar-refractivity contribution in [2.24, 2.45) is 0 Å². The topological polar surface area (TPSA) is 12.9 Å². The number of pyridine rings is 1. The number of nitrogens with zero attached hydrogens (tertiary/aromatic N) is 1. The summed E-state index contributed by atoms with van der Waals surface area (Å²) in [7, 11) is 0. The van der Waals surface area contributed by atoms with Crippen LogP contribution in [0.5, 0.6) is 0 Å². The highest BCUT2D eigenvalue weighted by Gasteiger charge is 2.11. The molecule has 23 heavy (non-hydrogen) atoms. The predicted molar refractivity (Wildman–Crippen MR) is 100 cm³/mol. The lowest BCUT2D eigenvalue weighted by Gasteiger charge is -2.09. The fourth-order valence-corrected chi connectivity index (χ4v) is 3.46. The summed E-state index contributed by atoms with van der Waals surface area (Å²) < 4.78 is 0. The molecule has 0 saturated carbocycles. The van der Waals surface area contributed by atoms with Crippen molar-refractivity contribution >= 4 is 58.0 Å². The first-order valence-electron chi connectivity index (χ1n) is 6.52. The Labute approximate surface area is 158 Å². The molecule has 0 fully saturated rings. The molecule has 0 atom stereocenters. The summed E-state index contributed by atoms with van der Waals surface area (Å²) in [6, 6.07) is 14.0. The van der Waals surface area contributed by atoms with Gasteiger partial charge in [0.25, 0.3) is 0 Å². The van der Waals surface area contributed by atoms with Crippen molar-refractivity contribution in [2.75, 3.05) is 0 Å². The van der Waals surface area contributed by atoms with Crippen LogP contribution in [0.3, 0.4) is 0 Å². The minimum Gasteiger partial charge on any atom is -0.246 e. The lowest BCUT2D eigenvalue weighted by Crippen LogP contribution is -1.90. The fourth-order valence-electron chi connectivity index (χ4n) is 2.20. The number of aromatic nitrogens is 1. The molecule has 0 bridgehead atoms. The van der Waals surface area contributed by atoms with Crippen molar-refractivity contribution in [2.45, 2.75) is 0 Å². The smallest absolute Gasteiger partial charge is 0.0896 e. The molecule has 6 heteroatoms. The van der Waals surface area contributed by atoms with E-state index in [0.717, 1.165) is 11.1 Å². The third kappa shape index (κ3) is 3.93. The predicted octanol–water partition coefficient (Wildman–Crippen LogP) is 7.68. The van der Waals surface area contributed by atoms with Gasteiger partial charge in [0, 0.05) is 31.2 Å². The Bertz CT molecular complexity index is 852. The van der Waals surface area contributed by atoms with E-state index < -0.39 is 0 Å². The molecular weight excluding hydrogens is 395 g/mol. The van der Waals surface area contributed by atoms with Crippen LogP contribution in [0, 0.1) is 0 Å². The zero-order valence-corrected chi connectivity index (χ0v) is 15.2. The molecule has 1 nitrogen and oxygen atoms in total. The van der Waals surface area contributed by atoms with E-state index >= 15 is 0 Å². The van der Waals surface area contributed by atoms with Gasteiger partial charge >= 0.3 is 0 Å². The van der Waals surface area contributed by atoms with Crippen molar-refractivity contribution in [1.82, 2.24) is 4.98 Å². The number of rotatable bonds is 2. The molecule has 0 unspecified atom stereocenters. The molecule has 2 aromatic carbocycles. The van der Waals surface area contributed by atoms with Crippen molar-refractivity contribution in [1.29, 1.82) is 0 Å². The maximum Gasteiger partial charge on any atom is 0.0896 e. The summed E-state index contributed by atoms with van der Waals surface area (Å²) in [4.78, 5) is 4.61. The van der Waals surface area contributed by atoms with Gasteiger partial charge in [0.1, 0.15) is 0 Å². The van der Waals surface area contributed by atoms with E-state index in [1.807, 2.05) is 0 Å². The van der Waals surface area contributed by atoms with Gasteiger partial charge in [-0.05, 0) is 48.5 Å². The van der Waals surface area contributed by atoms with Crippen molar-refractivity contribution in [3.8, 4) is 22.5 Å². The Hall–Kier alpha value is -0.960. The van der Waals surface area contributed by atoms with Gasteiger partial charge in [0.15, 0.2) is 0 Å². The van der Waals surface area contributed by atoms with Crippen LogP contribution < -0.4 is 0 Å². The van der Waals surface area contributed by atoms with E-state index in [9.17, 15) is 0 Å². The quantitative estimate of drug-likeness (QED) is 0.427. The summed E-state index contributed by atoms with van der Waals surface area (Å²) in [5.74, 6) is 0. The van der Waals surface area contributed by atoms with Gasteiger partial charge in [-0.2, -0.15) is 0 Å². The van der Waals surface area contributed by atoms with E-state index in [-0.39, 0.29) is 0 Å². The monoisotopic (exact) mass is 401 g/mol. The standard InChI is InChI=1S/C17H8Cl5N/c18-11-3-9(4-12(19)7-11)16-2-1-15(22)17(23-16)10-5-13(20)8-14(21)6-10/h1-8H. The van der Waals surface area contributed by atoms with Crippen LogP contribution in [0.1, 0.15) is 0 Å². The Morgan fingerprint density at radius 3 is 1.57 bits per heavy atom. The average molecular weight is 404 g/mol. The summed E-state index contributed by atoms with van der Waals surface area (Å²) in [6.07, 6.45) is 0. The molecule has 0 aliphatic carbocycles. The van der Waals surface area contributed by atoms with Gasteiger partial charge in [-0.3, -0.25) is 0 Å². The summed E-state index contributed by atoms with van der Waals surface area (Å²) in [5, 5.41) is 2.61. The number of benzene rings is 2. The van der Waals surface area contributed by atoms with Gasteiger partial charge in [0.2, 0.25) is 0 Å². The number of hydrogen-bond donors (Lipinski definition) is 0. The molecule has 1 aromatic heterocycles.